The minimum Gasteiger partial charge on any atom is -0.300 e. The van der Waals surface area contributed by atoms with Gasteiger partial charge in [0.1, 0.15) is 5.82 Å². The van der Waals surface area contributed by atoms with Crippen LogP contribution in [0.1, 0.15) is 24.7 Å². The van der Waals surface area contributed by atoms with Crippen molar-refractivity contribution in [3.8, 4) is 0 Å². The normalized spacial score (nSPS) is 10.6. The standard InChI is InChI=1S/C12H15N3S/c1-2-6-11-13-14-12(16)15(11)9-10-7-4-3-5-8-10/h3-5,7-8H,2,6,9H2,1H3,(H,14,16). The molecule has 0 atom stereocenters. The maximum absolute atomic E-state index is 5.23. The van der Waals surface area contributed by atoms with Crippen molar-refractivity contribution in [1.82, 2.24) is 14.8 Å². The molecule has 0 aliphatic heterocycles. The summed E-state index contributed by atoms with van der Waals surface area (Å²) in [4.78, 5) is 0. The van der Waals surface area contributed by atoms with Gasteiger partial charge in [-0.15, -0.1) is 0 Å². The molecule has 3 nitrogen and oxygen atoms in total. The molecule has 0 saturated heterocycles. The van der Waals surface area contributed by atoms with Crippen molar-refractivity contribution in [2.75, 3.05) is 0 Å². The summed E-state index contributed by atoms with van der Waals surface area (Å²) in [6.45, 7) is 2.94. The third-order valence-corrected chi connectivity index (χ3v) is 2.81. The molecular weight excluding hydrogens is 218 g/mol. The van der Waals surface area contributed by atoms with Crippen molar-refractivity contribution >= 4 is 12.2 Å². The van der Waals surface area contributed by atoms with Gasteiger partial charge in [-0.3, -0.25) is 9.67 Å². The number of benzene rings is 1. The monoisotopic (exact) mass is 233 g/mol. The van der Waals surface area contributed by atoms with E-state index in [1.807, 2.05) is 18.2 Å². The topological polar surface area (TPSA) is 33.6 Å². The van der Waals surface area contributed by atoms with Crippen LogP contribution < -0.4 is 0 Å². The molecular formula is C12H15N3S. The van der Waals surface area contributed by atoms with Crippen molar-refractivity contribution in [3.63, 3.8) is 0 Å². The summed E-state index contributed by atoms with van der Waals surface area (Å²) in [7, 11) is 0. The van der Waals surface area contributed by atoms with Gasteiger partial charge in [0.15, 0.2) is 4.77 Å². The zero-order valence-electron chi connectivity index (χ0n) is 9.31. The van der Waals surface area contributed by atoms with Gasteiger partial charge < -0.3 is 0 Å². The number of H-pyrrole nitrogens is 1. The number of rotatable bonds is 4. The van der Waals surface area contributed by atoms with E-state index < -0.39 is 0 Å². The molecule has 1 aromatic heterocycles. The Labute approximate surface area is 100 Å². The fourth-order valence-electron chi connectivity index (χ4n) is 1.69. The first kappa shape index (κ1) is 11.1. The second kappa shape index (κ2) is 5.07. The molecule has 0 fully saturated rings. The van der Waals surface area contributed by atoms with Crippen LogP contribution in [0, 0.1) is 4.77 Å². The Hall–Kier alpha value is -1.42. The highest BCUT2D eigenvalue weighted by atomic mass is 32.1. The van der Waals surface area contributed by atoms with Gasteiger partial charge in [-0.25, -0.2) is 0 Å². The third-order valence-electron chi connectivity index (χ3n) is 2.49. The van der Waals surface area contributed by atoms with Crippen LogP contribution in [0.3, 0.4) is 0 Å². The zero-order valence-corrected chi connectivity index (χ0v) is 10.1. The molecule has 0 aliphatic carbocycles. The highest BCUT2D eigenvalue weighted by Crippen LogP contribution is 2.07. The van der Waals surface area contributed by atoms with Crippen LogP contribution in [0.25, 0.3) is 0 Å². The Morgan fingerprint density at radius 1 is 1.31 bits per heavy atom. The van der Waals surface area contributed by atoms with Gasteiger partial charge in [-0.05, 0) is 24.2 Å². The van der Waals surface area contributed by atoms with E-state index >= 15 is 0 Å². The lowest BCUT2D eigenvalue weighted by atomic mass is 10.2. The number of aromatic amines is 1. The molecule has 0 bridgehead atoms. The Bertz CT molecular complexity index is 498. The van der Waals surface area contributed by atoms with E-state index in [-0.39, 0.29) is 0 Å². The van der Waals surface area contributed by atoms with E-state index in [1.165, 1.54) is 5.56 Å². The van der Waals surface area contributed by atoms with E-state index in [1.54, 1.807) is 0 Å². The Morgan fingerprint density at radius 2 is 2.06 bits per heavy atom. The summed E-state index contributed by atoms with van der Waals surface area (Å²) < 4.78 is 2.76. The smallest absolute Gasteiger partial charge is 0.195 e. The second-order valence-corrected chi connectivity index (χ2v) is 4.15. The number of hydrogen-bond donors (Lipinski definition) is 1. The predicted molar refractivity (Wildman–Crippen MR) is 67.0 cm³/mol. The summed E-state index contributed by atoms with van der Waals surface area (Å²) >= 11 is 5.23. The molecule has 4 heteroatoms. The van der Waals surface area contributed by atoms with E-state index in [4.69, 9.17) is 12.2 Å². The number of aryl methyl sites for hydroxylation is 1. The molecule has 0 spiro atoms. The van der Waals surface area contributed by atoms with Crippen molar-refractivity contribution in [2.24, 2.45) is 0 Å². The molecule has 1 N–H and O–H groups in total. The molecule has 0 saturated carbocycles. The van der Waals surface area contributed by atoms with Gasteiger partial charge in [0.2, 0.25) is 0 Å². The molecule has 1 aromatic carbocycles. The second-order valence-electron chi connectivity index (χ2n) is 3.77. The van der Waals surface area contributed by atoms with E-state index in [0.717, 1.165) is 25.2 Å². The quantitative estimate of drug-likeness (QED) is 0.824. The van der Waals surface area contributed by atoms with Crippen molar-refractivity contribution in [2.45, 2.75) is 26.3 Å². The van der Waals surface area contributed by atoms with Crippen LogP contribution in [-0.4, -0.2) is 14.8 Å². The molecule has 0 amide bonds. The number of hydrogen-bond acceptors (Lipinski definition) is 2. The molecule has 2 rings (SSSR count). The van der Waals surface area contributed by atoms with Gasteiger partial charge in [-0.1, -0.05) is 37.3 Å². The van der Waals surface area contributed by atoms with Crippen LogP contribution in [0.4, 0.5) is 0 Å². The largest absolute Gasteiger partial charge is 0.300 e. The van der Waals surface area contributed by atoms with Crippen molar-refractivity contribution in [3.05, 3.63) is 46.5 Å². The van der Waals surface area contributed by atoms with Crippen LogP contribution in [0.2, 0.25) is 0 Å². The van der Waals surface area contributed by atoms with E-state index in [0.29, 0.717) is 4.77 Å². The molecule has 0 radical (unpaired) electrons. The SMILES string of the molecule is CCCc1n[nH]c(=S)n1Cc1ccccc1. The molecule has 1 heterocycles. The minimum absolute atomic E-state index is 0.701. The van der Waals surface area contributed by atoms with Crippen LogP contribution in [0.5, 0.6) is 0 Å². The zero-order chi connectivity index (χ0) is 11.4. The molecule has 0 aliphatic rings. The number of aromatic nitrogens is 3. The number of nitrogens with zero attached hydrogens (tertiary/aromatic N) is 2. The lowest BCUT2D eigenvalue weighted by Gasteiger charge is -2.05. The Balaban J connectivity index is 2.27. The fourth-order valence-corrected chi connectivity index (χ4v) is 1.91. The fraction of sp³-hybridized carbons (Fsp3) is 0.333. The van der Waals surface area contributed by atoms with E-state index in [9.17, 15) is 0 Å². The molecule has 16 heavy (non-hydrogen) atoms. The molecule has 2 aromatic rings. The average Bonchev–Trinajstić information content (AvgIpc) is 2.64. The molecule has 0 unspecified atom stereocenters. The maximum atomic E-state index is 5.23. The van der Waals surface area contributed by atoms with Crippen LogP contribution in [-0.2, 0) is 13.0 Å². The summed E-state index contributed by atoms with van der Waals surface area (Å²) in [5.74, 6) is 1.04. The third kappa shape index (κ3) is 2.39. The molecule has 84 valence electrons. The van der Waals surface area contributed by atoms with Crippen molar-refractivity contribution < 1.29 is 0 Å². The average molecular weight is 233 g/mol. The van der Waals surface area contributed by atoms with Gasteiger partial charge in [0.05, 0.1) is 6.54 Å². The number of nitrogens with one attached hydrogen (secondary N) is 1. The van der Waals surface area contributed by atoms with Crippen LogP contribution >= 0.6 is 12.2 Å². The minimum atomic E-state index is 0.701. The Morgan fingerprint density at radius 3 is 2.75 bits per heavy atom. The first-order chi connectivity index (χ1) is 7.81. The Kier molecular flexibility index (Phi) is 3.51. The summed E-state index contributed by atoms with van der Waals surface area (Å²) in [5.41, 5.74) is 1.25. The highest BCUT2D eigenvalue weighted by Gasteiger charge is 2.05. The first-order valence-electron chi connectivity index (χ1n) is 5.49. The van der Waals surface area contributed by atoms with Crippen molar-refractivity contribution in [1.29, 1.82) is 0 Å². The van der Waals surface area contributed by atoms with Gasteiger partial charge in [0.25, 0.3) is 0 Å². The highest BCUT2D eigenvalue weighted by molar-refractivity contribution is 7.71. The van der Waals surface area contributed by atoms with E-state index in [2.05, 4.69) is 33.8 Å². The lowest BCUT2D eigenvalue weighted by molar-refractivity contribution is 0.699. The first-order valence-corrected chi connectivity index (χ1v) is 5.90. The van der Waals surface area contributed by atoms with Gasteiger partial charge >= 0.3 is 0 Å². The summed E-state index contributed by atoms with van der Waals surface area (Å²) in [6, 6.07) is 10.3. The lowest BCUT2D eigenvalue weighted by Crippen LogP contribution is -2.05. The predicted octanol–water partition coefficient (Wildman–Crippen LogP) is 2.94. The van der Waals surface area contributed by atoms with Gasteiger partial charge in [0, 0.05) is 6.42 Å². The summed E-state index contributed by atoms with van der Waals surface area (Å²) in [6.07, 6.45) is 2.04. The van der Waals surface area contributed by atoms with Crippen LogP contribution in [0.15, 0.2) is 30.3 Å². The van der Waals surface area contributed by atoms with Gasteiger partial charge in [-0.2, -0.15) is 5.10 Å². The maximum Gasteiger partial charge on any atom is 0.195 e. The summed E-state index contributed by atoms with van der Waals surface area (Å²) in [5, 5.41) is 7.11.